The van der Waals surface area contributed by atoms with Gasteiger partial charge in [-0.3, -0.25) is 4.79 Å². The van der Waals surface area contributed by atoms with Crippen molar-refractivity contribution in [1.29, 1.82) is 0 Å². The molecule has 1 aromatic rings. The zero-order valence-electron chi connectivity index (χ0n) is 11.6. The highest BCUT2D eigenvalue weighted by atomic mass is 35.5. The van der Waals surface area contributed by atoms with Crippen molar-refractivity contribution in [3.05, 3.63) is 35.6 Å². The lowest BCUT2D eigenvalue weighted by molar-refractivity contribution is -0.133. The molecule has 0 aromatic heterocycles. The van der Waals surface area contributed by atoms with Crippen LogP contribution in [0.1, 0.15) is 25.8 Å². The van der Waals surface area contributed by atoms with Gasteiger partial charge in [-0.1, -0.05) is 38.5 Å². The second kappa shape index (κ2) is 8.12. The van der Waals surface area contributed by atoms with E-state index in [4.69, 9.17) is 5.73 Å². The number of benzene rings is 1. The van der Waals surface area contributed by atoms with Gasteiger partial charge >= 0.3 is 0 Å². The molecule has 0 saturated carbocycles. The maximum atomic E-state index is 13.5. The van der Waals surface area contributed by atoms with E-state index < -0.39 is 6.04 Å². The molecular formula is C14H22ClFN2O. The Kier molecular flexibility index (Phi) is 7.64. The van der Waals surface area contributed by atoms with E-state index in [1.165, 1.54) is 11.0 Å². The molecule has 0 bridgehead atoms. The predicted octanol–water partition coefficient (Wildman–Crippen LogP) is 2.58. The van der Waals surface area contributed by atoms with Gasteiger partial charge in [-0.2, -0.15) is 0 Å². The highest BCUT2D eigenvalue weighted by molar-refractivity contribution is 5.85. The van der Waals surface area contributed by atoms with Crippen LogP contribution in [0.15, 0.2) is 24.3 Å². The minimum absolute atomic E-state index is 0. The minimum Gasteiger partial charge on any atom is -0.340 e. The van der Waals surface area contributed by atoms with E-state index in [1.807, 2.05) is 13.8 Å². The molecule has 1 rings (SSSR count). The number of rotatable bonds is 5. The van der Waals surface area contributed by atoms with Crippen molar-refractivity contribution >= 4 is 18.3 Å². The van der Waals surface area contributed by atoms with Gasteiger partial charge in [0.25, 0.3) is 0 Å². The summed E-state index contributed by atoms with van der Waals surface area (Å²) in [6.07, 6.45) is 0.848. The summed E-state index contributed by atoms with van der Waals surface area (Å²) in [5.74, 6) is -0.317. The van der Waals surface area contributed by atoms with Crippen molar-refractivity contribution in [2.75, 3.05) is 7.05 Å². The van der Waals surface area contributed by atoms with Gasteiger partial charge in [0.2, 0.25) is 5.91 Å². The first-order chi connectivity index (χ1) is 8.47. The first kappa shape index (κ1) is 17.9. The largest absolute Gasteiger partial charge is 0.340 e. The average Bonchev–Trinajstić information content (AvgIpc) is 2.38. The van der Waals surface area contributed by atoms with Crippen LogP contribution in [0.4, 0.5) is 4.39 Å². The van der Waals surface area contributed by atoms with Crippen LogP contribution in [-0.2, 0) is 11.3 Å². The molecule has 0 fully saturated rings. The summed E-state index contributed by atoms with van der Waals surface area (Å²) in [6, 6.07) is 5.93. The molecular weight excluding hydrogens is 267 g/mol. The highest BCUT2D eigenvalue weighted by Gasteiger charge is 2.23. The van der Waals surface area contributed by atoms with E-state index in [0.29, 0.717) is 5.56 Å². The van der Waals surface area contributed by atoms with Crippen molar-refractivity contribution < 1.29 is 9.18 Å². The standard InChI is InChI=1S/C14H21FN2O.ClH/c1-4-10(2)13(16)14(18)17(3)9-11-7-5-6-8-12(11)15;/h5-8,10,13H,4,9,16H2,1-3H3;1H. The van der Waals surface area contributed by atoms with Crippen molar-refractivity contribution in [3.8, 4) is 0 Å². The van der Waals surface area contributed by atoms with E-state index in [1.54, 1.807) is 25.2 Å². The Labute approximate surface area is 120 Å². The Hall–Kier alpha value is -1.13. The van der Waals surface area contributed by atoms with Crippen molar-refractivity contribution in [1.82, 2.24) is 4.90 Å². The van der Waals surface area contributed by atoms with Gasteiger partial charge < -0.3 is 10.6 Å². The number of nitrogens with two attached hydrogens (primary N) is 1. The van der Waals surface area contributed by atoms with E-state index in [-0.39, 0.29) is 36.6 Å². The Morgan fingerprint density at radius 3 is 2.53 bits per heavy atom. The number of nitrogens with zero attached hydrogens (tertiary/aromatic N) is 1. The smallest absolute Gasteiger partial charge is 0.239 e. The van der Waals surface area contributed by atoms with E-state index in [2.05, 4.69) is 0 Å². The molecule has 0 aliphatic rings. The van der Waals surface area contributed by atoms with Crippen molar-refractivity contribution in [2.24, 2.45) is 11.7 Å². The van der Waals surface area contributed by atoms with E-state index in [9.17, 15) is 9.18 Å². The fraction of sp³-hybridized carbons (Fsp3) is 0.500. The number of carbonyl (C=O) groups is 1. The molecule has 2 atom stereocenters. The van der Waals surface area contributed by atoms with Crippen LogP contribution in [0.5, 0.6) is 0 Å². The quantitative estimate of drug-likeness (QED) is 0.905. The zero-order valence-corrected chi connectivity index (χ0v) is 12.4. The number of likely N-dealkylation sites (N-methyl/N-ethyl adjacent to an activating group) is 1. The lowest BCUT2D eigenvalue weighted by Gasteiger charge is -2.24. The maximum absolute atomic E-state index is 13.5. The van der Waals surface area contributed by atoms with Crippen LogP contribution in [0.3, 0.4) is 0 Å². The third-order valence-electron chi connectivity index (χ3n) is 3.28. The fourth-order valence-corrected chi connectivity index (χ4v) is 1.71. The van der Waals surface area contributed by atoms with Gasteiger partial charge in [-0.25, -0.2) is 4.39 Å². The predicted molar refractivity (Wildman–Crippen MR) is 77.6 cm³/mol. The Balaban J connectivity index is 0.00000324. The molecule has 0 aliphatic heterocycles. The molecule has 5 heteroatoms. The highest BCUT2D eigenvalue weighted by Crippen LogP contribution is 2.12. The SMILES string of the molecule is CCC(C)C(N)C(=O)N(C)Cc1ccccc1F.Cl. The summed E-state index contributed by atoms with van der Waals surface area (Å²) in [5, 5.41) is 0. The molecule has 19 heavy (non-hydrogen) atoms. The first-order valence-corrected chi connectivity index (χ1v) is 6.21. The lowest BCUT2D eigenvalue weighted by atomic mass is 9.99. The summed E-state index contributed by atoms with van der Waals surface area (Å²) >= 11 is 0. The van der Waals surface area contributed by atoms with Gasteiger partial charge in [-0.15, -0.1) is 12.4 Å². The van der Waals surface area contributed by atoms with Crippen LogP contribution in [-0.4, -0.2) is 23.9 Å². The summed E-state index contributed by atoms with van der Waals surface area (Å²) in [7, 11) is 1.65. The summed E-state index contributed by atoms with van der Waals surface area (Å²) in [4.78, 5) is 13.5. The summed E-state index contributed by atoms with van der Waals surface area (Å²) < 4.78 is 13.5. The van der Waals surface area contributed by atoms with Crippen LogP contribution < -0.4 is 5.73 Å². The fourth-order valence-electron chi connectivity index (χ4n) is 1.71. The normalized spacial score (nSPS) is 13.3. The third-order valence-corrected chi connectivity index (χ3v) is 3.28. The van der Waals surface area contributed by atoms with Gasteiger partial charge in [0.15, 0.2) is 0 Å². The zero-order chi connectivity index (χ0) is 13.7. The monoisotopic (exact) mass is 288 g/mol. The molecule has 0 aliphatic carbocycles. The number of amides is 1. The second-order valence-electron chi connectivity index (χ2n) is 4.70. The molecule has 0 saturated heterocycles. The van der Waals surface area contributed by atoms with Crippen molar-refractivity contribution in [3.63, 3.8) is 0 Å². The van der Waals surface area contributed by atoms with Gasteiger partial charge in [0.1, 0.15) is 5.82 Å². The van der Waals surface area contributed by atoms with Crippen LogP contribution in [0.2, 0.25) is 0 Å². The molecule has 2 N–H and O–H groups in total. The van der Waals surface area contributed by atoms with E-state index in [0.717, 1.165) is 6.42 Å². The molecule has 0 heterocycles. The Morgan fingerprint density at radius 2 is 2.00 bits per heavy atom. The summed E-state index contributed by atoms with van der Waals surface area (Å²) in [6.45, 7) is 4.18. The molecule has 1 amide bonds. The number of halogens is 2. The third kappa shape index (κ3) is 4.80. The maximum Gasteiger partial charge on any atom is 0.239 e. The van der Waals surface area contributed by atoms with E-state index >= 15 is 0 Å². The first-order valence-electron chi connectivity index (χ1n) is 6.21. The molecule has 2 unspecified atom stereocenters. The number of carbonyl (C=O) groups excluding carboxylic acids is 1. The number of hydrogen-bond donors (Lipinski definition) is 1. The Bertz CT molecular complexity index is 414. The molecule has 108 valence electrons. The Morgan fingerprint density at radius 1 is 1.42 bits per heavy atom. The second-order valence-corrected chi connectivity index (χ2v) is 4.70. The molecule has 0 spiro atoms. The number of hydrogen-bond acceptors (Lipinski definition) is 2. The molecule has 1 aromatic carbocycles. The molecule has 0 radical (unpaired) electrons. The lowest BCUT2D eigenvalue weighted by Crippen LogP contribution is -2.45. The van der Waals surface area contributed by atoms with Crippen molar-refractivity contribution in [2.45, 2.75) is 32.9 Å². The van der Waals surface area contributed by atoms with Gasteiger partial charge in [-0.05, 0) is 12.0 Å². The van der Waals surface area contributed by atoms with Gasteiger partial charge in [0, 0.05) is 19.2 Å². The topological polar surface area (TPSA) is 46.3 Å². The van der Waals surface area contributed by atoms with Crippen LogP contribution >= 0.6 is 12.4 Å². The minimum atomic E-state index is -0.522. The van der Waals surface area contributed by atoms with Crippen LogP contribution in [0.25, 0.3) is 0 Å². The molecule has 3 nitrogen and oxygen atoms in total. The average molecular weight is 289 g/mol. The van der Waals surface area contributed by atoms with Gasteiger partial charge in [0.05, 0.1) is 6.04 Å². The van der Waals surface area contributed by atoms with Crippen LogP contribution in [0, 0.1) is 11.7 Å². The summed E-state index contributed by atoms with van der Waals surface area (Å²) in [5.41, 5.74) is 6.38.